The standard InChI is InChI=1S/C26H26FN3O2/c1-25(2,3)22-11-10-15(14-28-22)26(4,5)30-24(32)17-13-21-18(12-19(17)27)23(31)16-8-6-7-9-20(16)29-21/h6-14H,1-5H3,(H,29,31)(H,30,32). The van der Waals surface area contributed by atoms with Crippen LogP contribution in [0.4, 0.5) is 4.39 Å². The Bertz CT molecular complexity index is 1400. The molecule has 164 valence electrons. The van der Waals surface area contributed by atoms with Gasteiger partial charge in [0, 0.05) is 33.6 Å². The van der Waals surface area contributed by atoms with Crippen LogP contribution < -0.4 is 10.7 Å². The molecular formula is C26H26FN3O2. The molecule has 2 aromatic carbocycles. The zero-order valence-corrected chi connectivity index (χ0v) is 18.8. The molecule has 32 heavy (non-hydrogen) atoms. The van der Waals surface area contributed by atoms with Gasteiger partial charge in [0.05, 0.1) is 16.6 Å². The van der Waals surface area contributed by atoms with E-state index in [4.69, 9.17) is 0 Å². The number of nitrogens with zero attached hydrogens (tertiary/aromatic N) is 1. The van der Waals surface area contributed by atoms with E-state index in [9.17, 15) is 14.0 Å². The fourth-order valence-electron chi connectivity index (χ4n) is 3.75. The second-order valence-corrected chi connectivity index (χ2v) is 9.64. The number of rotatable bonds is 3. The van der Waals surface area contributed by atoms with Crippen molar-refractivity contribution >= 4 is 27.7 Å². The minimum atomic E-state index is -0.779. The van der Waals surface area contributed by atoms with E-state index < -0.39 is 17.3 Å². The van der Waals surface area contributed by atoms with Crippen molar-refractivity contribution < 1.29 is 9.18 Å². The number of fused-ring (bicyclic) bond motifs is 2. The third-order valence-corrected chi connectivity index (χ3v) is 5.72. The van der Waals surface area contributed by atoms with Crippen LogP contribution in [0.15, 0.2) is 59.5 Å². The first-order valence-electron chi connectivity index (χ1n) is 10.5. The molecule has 2 heterocycles. The zero-order chi connectivity index (χ0) is 23.3. The van der Waals surface area contributed by atoms with E-state index in [-0.39, 0.29) is 21.8 Å². The third kappa shape index (κ3) is 3.88. The van der Waals surface area contributed by atoms with Crippen molar-refractivity contribution in [2.24, 2.45) is 0 Å². The van der Waals surface area contributed by atoms with Crippen LogP contribution in [0, 0.1) is 5.82 Å². The molecule has 0 fully saturated rings. The highest BCUT2D eigenvalue weighted by Crippen LogP contribution is 2.25. The average molecular weight is 432 g/mol. The molecule has 4 rings (SSSR count). The van der Waals surface area contributed by atoms with Gasteiger partial charge in [-0.15, -0.1) is 0 Å². The lowest BCUT2D eigenvalue weighted by Gasteiger charge is -2.28. The molecule has 0 bridgehead atoms. The van der Waals surface area contributed by atoms with E-state index in [0.717, 1.165) is 17.3 Å². The SMILES string of the molecule is CC(C)(C)c1ccc(C(C)(C)NC(=O)c2cc3[nH]c4ccccc4c(=O)c3cc2F)cn1. The van der Waals surface area contributed by atoms with Gasteiger partial charge in [-0.2, -0.15) is 0 Å². The maximum atomic E-state index is 14.9. The molecule has 5 nitrogen and oxygen atoms in total. The van der Waals surface area contributed by atoms with Crippen molar-refractivity contribution in [1.29, 1.82) is 0 Å². The summed E-state index contributed by atoms with van der Waals surface area (Å²) in [4.78, 5) is 33.4. The summed E-state index contributed by atoms with van der Waals surface area (Å²) in [5.41, 5.74) is 1.53. The molecule has 0 aliphatic carbocycles. The molecular weight excluding hydrogens is 405 g/mol. The number of halogens is 1. The molecule has 6 heteroatoms. The molecule has 2 aromatic heterocycles. The number of pyridine rings is 2. The van der Waals surface area contributed by atoms with Crippen molar-refractivity contribution in [3.63, 3.8) is 0 Å². The molecule has 4 aromatic rings. The fourth-order valence-corrected chi connectivity index (χ4v) is 3.75. The van der Waals surface area contributed by atoms with Crippen LogP contribution in [0.2, 0.25) is 0 Å². The number of benzene rings is 2. The number of hydrogen-bond donors (Lipinski definition) is 2. The van der Waals surface area contributed by atoms with Crippen LogP contribution in [0.5, 0.6) is 0 Å². The summed E-state index contributed by atoms with van der Waals surface area (Å²) < 4.78 is 14.9. The van der Waals surface area contributed by atoms with Gasteiger partial charge in [0.25, 0.3) is 5.91 Å². The number of H-pyrrole nitrogens is 1. The Morgan fingerprint density at radius 2 is 1.69 bits per heavy atom. The number of aromatic amines is 1. The Balaban J connectivity index is 1.69. The summed E-state index contributed by atoms with van der Waals surface area (Å²) in [6, 6.07) is 13.4. The van der Waals surface area contributed by atoms with Gasteiger partial charge in [0.2, 0.25) is 0 Å². The molecule has 0 saturated heterocycles. The first-order chi connectivity index (χ1) is 15.0. The summed E-state index contributed by atoms with van der Waals surface area (Å²) in [5, 5.41) is 3.58. The highest BCUT2D eigenvalue weighted by atomic mass is 19.1. The molecule has 0 radical (unpaired) electrons. The lowest BCUT2D eigenvalue weighted by molar-refractivity contribution is 0.0908. The van der Waals surface area contributed by atoms with E-state index in [1.54, 1.807) is 24.4 Å². The number of hydrogen-bond acceptors (Lipinski definition) is 3. The van der Waals surface area contributed by atoms with Crippen LogP contribution in [0.3, 0.4) is 0 Å². The topological polar surface area (TPSA) is 74.8 Å². The molecule has 0 aliphatic heterocycles. The highest BCUT2D eigenvalue weighted by molar-refractivity contribution is 6.00. The first-order valence-corrected chi connectivity index (χ1v) is 10.5. The molecule has 0 atom stereocenters. The number of amides is 1. The average Bonchev–Trinajstić information content (AvgIpc) is 2.73. The lowest BCUT2D eigenvalue weighted by atomic mass is 9.89. The van der Waals surface area contributed by atoms with Gasteiger partial charge in [-0.3, -0.25) is 14.6 Å². The van der Waals surface area contributed by atoms with Gasteiger partial charge in [0.1, 0.15) is 5.82 Å². The maximum Gasteiger partial charge on any atom is 0.255 e. The first kappa shape index (κ1) is 21.7. The van der Waals surface area contributed by atoms with E-state index in [2.05, 4.69) is 36.1 Å². The monoisotopic (exact) mass is 431 g/mol. The summed E-state index contributed by atoms with van der Waals surface area (Å²) in [5.74, 6) is -1.31. The van der Waals surface area contributed by atoms with E-state index >= 15 is 0 Å². The zero-order valence-electron chi connectivity index (χ0n) is 18.8. The Labute approximate surface area is 185 Å². The smallest absolute Gasteiger partial charge is 0.255 e. The summed E-state index contributed by atoms with van der Waals surface area (Å²) in [7, 11) is 0. The molecule has 0 saturated carbocycles. The van der Waals surface area contributed by atoms with E-state index in [0.29, 0.717) is 16.4 Å². The lowest BCUT2D eigenvalue weighted by Crippen LogP contribution is -2.41. The van der Waals surface area contributed by atoms with Crippen molar-refractivity contribution in [1.82, 2.24) is 15.3 Å². The van der Waals surface area contributed by atoms with Gasteiger partial charge in [-0.25, -0.2) is 4.39 Å². The van der Waals surface area contributed by atoms with Gasteiger partial charge in [-0.05, 0) is 49.7 Å². The van der Waals surface area contributed by atoms with Crippen LogP contribution >= 0.6 is 0 Å². The summed E-state index contributed by atoms with van der Waals surface area (Å²) in [6.07, 6.45) is 1.74. The predicted molar refractivity (Wildman–Crippen MR) is 125 cm³/mol. The molecule has 1 amide bonds. The minimum absolute atomic E-state index is 0.0821. The van der Waals surface area contributed by atoms with Crippen molar-refractivity contribution in [2.45, 2.75) is 45.6 Å². The molecule has 2 N–H and O–H groups in total. The van der Waals surface area contributed by atoms with Crippen molar-refractivity contribution in [3.8, 4) is 0 Å². The van der Waals surface area contributed by atoms with Crippen LogP contribution in [-0.2, 0) is 11.0 Å². The Kier molecular flexibility index (Phi) is 5.12. The number of carbonyl (C=O) groups excluding carboxylic acids is 1. The Morgan fingerprint density at radius 3 is 2.34 bits per heavy atom. The Hall–Kier alpha value is -3.54. The van der Waals surface area contributed by atoms with Crippen LogP contribution in [-0.4, -0.2) is 15.9 Å². The van der Waals surface area contributed by atoms with E-state index in [1.807, 2.05) is 32.0 Å². The molecule has 0 aliphatic rings. The quantitative estimate of drug-likeness (QED) is 0.439. The Morgan fingerprint density at radius 1 is 0.969 bits per heavy atom. The van der Waals surface area contributed by atoms with Gasteiger partial charge in [0.15, 0.2) is 5.43 Å². The van der Waals surface area contributed by atoms with Gasteiger partial charge >= 0.3 is 0 Å². The second kappa shape index (κ2) is 7.55. The molecule has 0 unspecified atom stereocenters. The fraction of sp³-hybridized carbons (Fsp3) is 0.269. The summed E-state index contributed by atoms with van der Waals surface area (Å²) in [6.45, 7) is 9.92. The van der Waals surface area contributed by atoms with Crippen molar-refractivity contribution in [3.05, 3.63) is 87.6 Å². The predicted octanol–water partition coefficient (Wildman–Crippen LogP) is 5.18. The highest BCUT2D eigenvalue weighted by Gasteiger charge is 2.26. The number of carbonyl (C=O) groups is 1. The van der Waals surface area contributed by atoms with Gasteiger partial charge in [-0.1, -0.05) is 39.0 Å². The maximum absolute atomic E-state index is 14.9. The number of aromatic nitrogens is 2. The third-order valence-electron chi connectivity index (χ3n) is 5.72. The van der Waals surface area contributed by atoms with Crippen LogP contribution in [0.1, 0.15) is 56.2 Å². The minimum Gasteiger partial charge on any atom is -0.354 e. The second-order valence-electron chi connectivity index (χ2n) is 9.64. The number of nitrogens with one attached hydrogen (secondary N) is 2. The molecule has 0 spiro atoms. The largest absolute Gasteiger partial charge is 0.354 e. The number of para-hydroxylation sites is 1. The van der Waals surface area contributed by atoms with Gasteiger partial charge < -0.3 is 10.3 Å². The van der Waals surface area contributed by atoms with Crippen LogP contribution in [0.25, 0.3) is 21.8 Å². The van der Waals surface area contributed by atoms with E-state index in [1.165, 1.54) is 6.07 Å². The van der Waals surface area contributed by atoms with Crippen molar-refractivity contribution in [2.75, 3.05) is 0 Å². The normalized spacial score (nSPS) is 12.3. The summed E-state index contributed by atoms with van der Waals surface area (Å²) >= 11 is 0.